The van der Waals surface area contributed by atoms with Gasteiger partial charge in [0.2, 0.25) is 0 Å². The molecule has 0 aliphatic heterocycles. The van der Waals surface area contributed by atoms with E-state index < -0.39 is 29.5 Å². The van der Waals surface area contributed by atoms with Gasteiger partial charge in [0.25, 0.3) is 0 Å². The summed E-state index contributed by atoms with van der Waals surface area (Å²) in [6.45, 7) is 0. The summed E-state index contributed by atoms with van der Waals surface area (Å²) in [4.78, 5) is 38.5. The molecule has 7 aromatic rings. The number of anilines is 1. The van der Waals surface area contributed by atoms with E-state index in [1.165, 1.54) is 62.6 Å². The quantitative estimate of drug-likeness (QED) is 0.0439. The first-order valence-electron chi connectivity index (χ1n) is 14.5. The second kappa shape index (κ2) is 11.0. The molecule has 0 spiro atoms. The van der Waals surface area contributed by atoms with Crippen LogP contribution in [0.4, 0.5) is 5.69 Å². The Bertz CT molecular complexity index is 2410. The first kappa shape index (κ1) is 29.0. The number of carboxylic acids is 1. The molecular formula is C39H25ClN2O4. The molecule has 0 aliphatic carbocycles. The smallest absolute Gasteiger partial charge is 0.332 e. The minimum absolute atomic E-state index is 0.0406. The van der Waals surface area contributed by atoms with Crippen LogP contribution < -0.4 is 11.5 Å². The molecule has 0 aliphatic rings. The van der Waals surface area contributed by atoms with Gasteiger partial charge in [0.05, 0.1) is 0 Å². The maximum absolute atomic E-state index is 13.4. The summed E-state index contributed by atoms with van der Waals surface area (Å²) in [5.41, 5.74) is 11.1. The maximum Gasteiger partial charge on any atom is 0.332 e. The van der Waals surface area contributed by atoms with Gasteiger partial charge in [-0.1, -0.05) is 96.2 Å². The molecule has 0 aromatic heterocycles. The number of hydrogen-bond acceptors (Lipinski definition) is 5. The van der Waals surface area contributed by atoms with Crippen LogP contribution >= 0.6 is 11.6 Å². The van der Waals surface area contributed by atoms with Crippen molar-refractivity contribution in [1.82, 2.24) is 0 Å². The van der Waals surface area contributed by atoms with Crippen molar-refractivity contribution in [3.8, 4) is 11.8 Å². The lowest BCUT2D eigenvalue weighted by Crippen LogP contribution is -2.56. The Hall–Kier alpha value is -5.74. The number of nitrogens with two attached hydrogens (primary N) is 2. The van der Waals surface area contributed by atoms with Crippen LogP contribution in [0.3, 0.4) is 0 Å². The van der Waals surface area contributed by atoms with Gasteiger partial charge in [-0.15, -0.1) is 0 Å². The van der Waals surface area contributed by atoms with E-state index in [4.69, 9.17) is 23.1 Å². The van der Waals surface area contributed by atoms with Crippen LogP contribution in [0.25, 0.3) is 43.1 Å². The highest BCUT2D eigenvalue weighted by Crippen LogP contribution is 2.40. The van der Waals surface area contributed by atoms with E-state index in [1.807, 2.05) is 12.1 Å². The van der Waals surface area contributed by atoms with Crippen LogP contribution in [0.1, 0.15) is 38.3 Å². The summed E-state index contributed by atoms with van der Waals surface area (Å²) in [6, 6.07) is 33.6. The van der Waals surface area contributed by atoms with E-state index in [1.54, 1.807) is 12.1 Å². The topological polar surface area (TPSA) is 123 Å². The number of nitrogen functional groups attached to an aromatic ring is 1. The summed E-state index contributed by atoms with van der Waals surface area (Å²) in [7, 11) is 0. The second-order valence-corrected chi connectivity index (χ2v) is 11.8. The monoisotopic (exact) mass is 620 g/mol. The highest BCUT2D eigenvalue weighted by Gasteiger charge is 2.44. The summed E-state index contributed by atoms with van der Waals surface area (Å²) in [5, 5.41) is 19.6. The van der Waals surface area contributed by atoms with Crippen LogP contribution in [0.5, 0.6) is 0 Å². The normalized spacial score (nSPS) is 12.7. The number of benzene rings is 7. The van der Waals surface area contributed by atoms with E-state index in [0.29, 0.717) is 10.6 Å². The summed E-state index contributed by atoms with van der Waals surface area (Å²) in [5.74, 6) is 3.25. The average molecular weight is 621 g/mol. The first-order valence-corrected chi connectivity index (χ1v) is 14.9. The lowest BCUT2D eigenvalue weighted by Gasteiger charge is -2.23. The number of carboxylic acid groups (broad SMARTS) is 1. The zero-order chi connectivity index (χ0) is 32.2. The van der Waals surface area contributed by atoms with E-state index in [0.717, 1.165) is 16.3 Å². The third kappa shape index (κ3) is 4.70. The van der Waals surface area contributed by atoms with Gasteiger partial charge in [0, 0.05) is 39.4 Å². The van der Waals surface area contributed by atoms with Crippen molar-refractivity contribution < 1.29 is 19.5 Å². The minimum atomic E-state index is -2.50. The van der Waals surface area contributed by atoms with Crippen LogP contribution in [-0.4, -0.2) is 28.2 Å². The molecule has 7 aromatic carbocycles. The molecule has 0 saturated heterocycles. The molecule has 0 bridgehead atoms. The van der Waals surface area contributed by atoms with Crippen LogP contribution in [-0.2, 0) is 4.79 Å². The second-order valence-electron chi connectivity index (χ2n) is 11.4. The fraction of sp³-hybridized carbons (Fsp3) is 0.0513. The number of hydrogen-bond donors (Lipinski definition) is 3. The van der Waals surface area contributed by atoms with E-state index in [-0.39, 0.29) is 16.8 Å². The van der Waals surface area contributed by atoms with Crippen molar-refractivity contribution in [2.45, 2.75) is 12.0 Å². The standard InChI is InChI=1S/C39H25ClN2O4/c40-26-17-19-32(33(41)20-26)34(43)21-39(42,38(45)46)37(44)25-14-11-22(12-15-25)10-13-23-16-18-31-29-8-2-5-24-4-1-7-28(35(24)29)30-9-3-6-27(23)36(30)31/h1-9,11-12,14-20H,21,41-42H2,(H,45,46). The molecule has 1 atom stereocenters. The predicted octanol–water partition coefficient (Wildman–Crippen LogP) is 7.61. The molecule has 222 valence electrons. The molecule has 0 heterocycles. The number of Topliss-reactive ketones (excluding diaryl/α,β-unsaturated/α-hetero) is 2. The molecule has 0 saturated carbocycles. The Balaban J connectivity index is 1.20. The highest BCUT2D eigenvalue weighted by molar-refractivity contribution is 6.33. The Morgan fingerprint density at radius 2 is 1.33 bits per heavy atom. The van der Waals surface area contributed by atoms with Gasteiger partial charge in [-0.2, -0.15) is 0 Å². The number of carbonyl (C=O) groups is 3. The number of carbonyl (C=O) groups excluding carboxylic acids is 2. The lowest BCUT2D eigenvalue weighted by molar-refractivity contribution is -0.141. The van der Waals surface area contributed by atoms with Gasteiger partial charge < -0.3 is 16.6 Å². The molecule has 0 fully saturated rings. The van der Waals surface area contributed by atoms with Gasteiger partial charge in [0.15, 0.2) is 17.1 Å². The molecule has 7 heteroatoms. The first-order chi connectivity index (χ1) is 22.2. The van der Waals surface area contributed by atoms with Crippen molar-refractivity contribution in [3.63, 3.8) is 0 Å². The zero-order valence-electron chi connectivity index (χ0n) is 24.3. The zero-order valence-corrected chi connectivity index (χ0v) is 25.1. The molecular weight excluding hydrogens is 596 g/mol. The van der Waals surface area contributed by atoms with Gasteiger partial charge in [-0.25, -0.2) is 4.79 Å². The van der Waals surface area contributed by atoms with E-state index in [9.17, 15) is 19.5 Å². The average Bonchev–Trinajstić information content (AvgIpc) is 3.06. The van der Waals surface area contributed by atoms with E-state index in [2.05, 4.69) is 66.4 Å². The van der Waals surface area contributed by atoms with Crippen LogP contribution in [0, 0.1) is 11.8 Å². The number of fused-ring (bicyclic) bond motifs is 2. The van der Waals surface area contributed by atoms with Crippen molar-refractivity contribution in [3.05, 3.63) is 136 Å². The molecule has 7 rings (SSSR count). The Morgan fingerprint density at radius 1 is 0.717 bits per heavy atom. The summed E-state index contributed by atoms with van der Waals surface area (Å²) >= 11 is 5.91. The molecule has 5 N–H and O–H groups in total. The summed E-state index contributed by atoms with van der Waals surface area (Å²) < 4.78 is 0. The van der Waals surface area contributed by atoms with E-state index >= 15 is 0 Å². The van der Waals surface area contributed by atoms with Gasteiger partial charge in [-0.3, -0.25) is 9.59 Å². The van der Waals surface area contributed by atoms with Crippen molar-refractivity contribution in [2.75, 3.05) is 5.73 Å². The van der Waals surface area contributed by atoms with Crippen molar-refractivity contribution in [1.29, 1.82) is 0 Å². The predicted molar refractivity (Wildman–Crippen MR) is 184 cm³/mol. The minimum Gasteiger partial charge on any atom is -0.480 e. The number of halogens is 1. The maximum atomic E-state index is 13.4. The fourth-order valence-corrected chi connectivity index (χ4v) is 6.43. The fourth-order valence-electron chi connectivity index (χ4n) is 6.25. The SMILES string of the molecule is Nc1cc(Cl)ccc1C(=O)CC(N)(C(=O)O)C(=O)c1ccc(C#Cc2ccc3c4cccc5cccc(c6cccc2c63)c54)cc1. The molecule has 0 amide bonds. The Morgan fingerprint density at radius 3 is 1.98 bits per heavy atom. The summed E-state index contributed by atoms with van der Waals surface area (Å²) in [6.07, 6.45) is -0.779. The van der Waals surface area contributed by atoms with Crippen molar-refractivity contribution >= 4 is 77.9 Å². The van der Waals surface area contributed by atoms with Crippen LogP contribution in [0.2, 0.25) is 5.02 Å². The molecule has 1 unspecified atom stereocenters. The van der Waals surface area contributed by atoms with Gasteiger partial charge in [0.1, 0.15) is 0 Å². The third-order valence-corrected chi connectivity index (χ3v) is 8.79. The van der Waals surface area contributed by atoms with Gasteiger partial charge in [-0.05, 0) is 79.5 Å². The largest absolute Gasteiger partial charge is 0.480 e. The number of rotatable bonds is 6. The Kier molecular flexibility index (Phi) is 6.94. The highest BCUT2D eigenvalue weighted by atomic mass is 35.5. The third-order valence-electron chi connectivity index (χ3n) is 8.55. The molecule has 46 heavy (non-hydrogen) atoms. The molecule has 0 radical (unpaired) electrons. The van der Waals surface area contributed by atoms with Crippen LogP contribution in [0.15, 0.2) is 109 Å². The Labute approximate surface area is 268 Å². The number of ketones is 2. The lowest BCUT2D eigenvalue weighted by atomic mass is 9.84. The number of aliphatic carboxylic acids is 1. The molecule has 6 nitrogen and oxygen atoms in total. The van der Waals surface area contributed by atoms with Gasteiger partial charge >= 0.3 is 5.97 Å². The van der Waals surface area contributed by atoms with Crippen molar-refractivity contribution in [2.24, 2.45) is 5.73 Å².